The maximum absolute atomic E-state index is 13.1. The zero-order valence-electron chi connectivity index (χ0n) is 17.4. The van der Waals surface area contributed by atoms with Crippen molar-refractivity contribution in [2.24, 2.45) is 0 Å². The second kappa shape index (κ2) is 10.1. The average Bonchev–Trinajstić information content (AvgIpc) is 2.79. The van der Waals surface area contributed by atoms with Crippen LogP contribution < -0.4 is 9.79 Å². The highest BCUT2D eigenvalue weighted by molar-refractivity contribution is 6.36. The lowest BCUT2D eigenvalue weighted by atomic mass is 10.0. The van der Waals surface area contributed by atoms with E-state index in [4.69, 9.17) is 40.1 Å². The largest absolute Gasteiger partial charge is 0.508 e. The van der Waals surface area contributed by atoms with Crippen LogP contribution in [-0.2, 0) is 11.2 Å². The van der Waals surface area contributed by atoms with Crippen LogP contribution in [0.5, 0.6) is 11.5 Å². The van der Waals surface area contributed by atoms with Gasteiger partial charge in [0, 0.05) is 35.7 Å². The van der Waals surface area contributed by atoms with Gasteiger partial charge in [0.25, 0.3) is 0 Å². The first-order chi connectivity index (χ1) is 15.8. The van der Waals surface area contributed by atoms with E-state index >= 15 is 0 Å². The van der Waals surface area contributed by atoms with E-state index in [1.54, 1.807) is 17.0 Å². The van der Waals surface area contributed by atoms with Crippen LogP contribution in [0.25, 0.3) is 0 Å². The standard InChI is InChI=1S/C24H21Cl3N2O4/c25-17-3-1-16(2-4-17)23-14-28(7-8-29(23)22-6-5-18(26)12-21(22)27)24(31)11-15-9-19(30)13-20(10-15)33-32/h1-6,9-10,12-13,23,30,32H,7-8,11,14H2. The lowest BCUT2D eigenvalue weighted by Gasteiger charge is -2.43. The smallest absolute Gasteiger partial charge is 0.227 e. The van der Waals surface area contributed by atoms with E-state index in [9.17, 15) is 9.90 Å². The molecule has 3 aromatic rings. The van der Waals surface area contributed by atoms with Crippen LogP contribution >= 0.6 is 34.8 Å². The highest BCUT2D eigenvalue weighted by Gasteiger charge is 2.32. The van der Waals surface area contributed by atoms with Crippen molar-refractivity contribution < 1.29 is 20.0 Å². The van der Waals surface area contributed by atoms with Crippen LogP contribution in [0.15, 0.2) is 60.7 Å². The predicted octanol–water partition coefficient (Wildman–Crippen LogP) is 5.84. The van der Waals surface area contributed by atoms with Gasteiger partial charge in [0.05, 0.1) is 23.2 Å². The maximum atomic E-state index is 13.1. The zero-order valence-corrected chi connectivity index (χ0v) is 19.7. The number of anilines is 1. The van der Waals surface area contributed by atoms with Crippen LogP contribution in [-0.4, -0.2) is 40.8 Å². The Morgan fingerprint density at radius 1 is 0.970 bits per heavy atom. The normalized spacial score (nSPS) is 16.1. The summed E-state index contributed by atoms with van der Waals surface area (Å²) in [5, 5.41) is 20.4. The van der Waals surface area contributed by atoms with Crippen molar-refractivity contribution in [3.8, 4) is 11.5 Å². The Labute approximate surface area is 206 Å². The van der Waals surface area contributed by atoms with E-state index in [2.05, 4.69) is 9.79 Å². The van der Waals surface area contributed by atoms with Gasteiger partial charge >= 0.3 is 0 Å². The molecule has 0 aromatic heterocycles. The number of rotatable bonds is 5. The van der Waals surface area contributed by atoms with Crippen molar-refractivity contribution in [1.82, 2.24) is 4.90 Å². The number of carbonyl (C=O) groups excluding carboxylic acids is 1. The molecule has 1 aliphatic rings. The van der Waals surface area contributed by atoms with Gasteiger partial charge in [0.2, 0.25) is 5.91 Å². The number of aromatic hydroxyl groups is 1. The van der Waals surface area contributed by atoms with Gasteiger partial charge in [0.1, 0.15) is 5.75 Å². The number of hydrogen-bond donors (Lipinski definition) is 2. The van der Waals surface area contributed by atoms with Gasteiger partial charge in [-0.05, 0) is 53.6 Å². The minimum atomic E-state index is -0.154. The first-order valence-electron chi connectivity index (χ1n) is 10.2. The Morgan fingerprint density at radius 2 is 1.70 bits per heavy atom. The van der Waals surface area contributed by atoms with Crippen LogP contribution in [0.2, 0.25) is 15.1 Å². The molecule has 1 unspecified atom stereocenters. The minimum absolute atomic E-state index is 0.0554. The summed E-state index contributed by atoms with van der Waals surface area (Å²) in [4.78, 5) is 21.3. The third-order valence-electron chi connectivity index (χ3n) is 5.62. The van der Waals surface area contributed by atoms with Crippen LogP contribution in [0, 0.1) is 0 Å². The number of phenolic OH excluding ortho intramolecular Hbond substituents is 1. The Balaban J connectivity index is 1.60. The van der Waals surface area contributed by atoms with Crippen LogP contribution in [0.3, 0.4) is 0 Å². The van der Waals surface area contributed by atoms with Gasteiger partial charge in [-0.1, -0.05) is 46.9 Å². The molecule has 172 valence electrons. The molecule has 1 saturated heterocycles. The summed E-state index contributed by atoms with van der Waals surface area (Å²) < 4.78 is 0. The second-order valence-electron chi connectivity index (χ2n) is 7.80. The van der Waals surface area contributed by atoms with Crippen molar-refractivity contribution in [3.63, 3.8) is 0 Å². The Bertz CT molecular complexity index is 1160. The minimum Gasteiger partial charge on any atom is -0.508 e. The van der Waals surface area contributed by atoms with Gasteiger partial charge in [0.15, 0.2) is 5.75 Å². The highest BCUT2D eigenvalue weighted by Crippen LogP contribution is 2.37. The van der Waals surface area contributed by atoms with Crippen LogP contribution in [0.1, 0.15) is 17.2 Å². The van der Waals surface area contributed by atoms with E-state index in [0.29, 0.717) is 40.3 Å². The fourth-order valence-electron chi connectivity index (χ4n) is 4.07. The second-order valence-corrected chi connectivity index (χ2v) is 9.08. The van der Waals surface area contributed by atoms with Crippen molar-refractivity contribution in [2.45, 2.75) is 12.5 Å². The molecule has 0 aliphatic carbocycles. The number of phenols is 1. The Hall–Kier alpha value is -2.64. The van der Waals surface area contributed by atoms with Gasteiger partial charge in [-0.3, -0.25) is 4.79 Å². The average molecular weight is 508 g/mol. The van der Waals surface area contributed by atoms with E-state index in [1.165, 1.54) is 18.2 Å². The summed E-state index contributed by atoms with van der Waals surface area (Å²) in [5.74, 6) is -0.130. The molecule has 0 bridgehead atoms. The molecule has 0 saturated carbocycles. The topological polar surface area (TPSA) is 73.2 Å². The number of carbonyl (C=O) groups is 1. The summed E-state index contributed by atoms with van der Waals surface area (Å²) >= 11 is 18.7. The summed E-state index contributed by atoms with van der Waals surface area (Å²) in [6.45, 7) is 1.48. The van der Waals surface area contributed by atoms with Gasteiger partial charge < -0.3 is 19.8 Å². The molecule has 2 N–H and O–H groups in total. The molecule has 4 rings (SSSR count). The fraction of sp³-hybridized carbons (Fsp3) is 0.208. The lowest BCUT2D eigenvalue weighted by Crippen LogP contribution is -2.51. The fourth-order valence-corrected chi connectivity index (χ4v) is 4.71. The third kappa shape index (κ3) is 5.47. The number of halogens is 3. The first kappa shape index (κ1) is 23.5. The molecule has 9 heteroatoms. The van der Waals surface area contributed by atoms with E-state index in [1.807, 2.05) is 30.3 Å². The van der Waals surface area contributed by atoms with Crippen molar-refractivity contribution in [1.29, 1.82) is 0 Å². The number of nitrogens with zero attached hydrogens (tertiary/aromatic N) is 2. The summed E-state index contributed by atoms with van der Waals surface area (Å²) in [7, 11) is 0. The van der Waals surface area contributed by atoms with Gasteiger partial charge in [-0.15, -0.1) is 0 Å². The van der Waals surface area contributed by atoms with Crippen molar-refractivity contribution in [3.05, 3.63) is 86.9 Å². The van der Waals surface area contributed by atoms with Crippen molar-refractivity contribution in [2.75, 3.05) is 24.5 Å². The Morgan fingerprint density at radius 3 is 2.39 bits per heavy atom. The van der Waals surface area contributed by atoms with Gasteiger partial charge in [-0.25, -0.2) is 5.26 Å². The summed E-state index contributed by atoms with van der Waals surface area (Å²) in [5.41, 5.74) is 2.37. The molecule has 1 fully saturated rings. The molecule has 1 heterocycles. The molecule has 1 amide bonds. The zero-order chi connectivity index (χ0) is 23.5. The number of piperazine rings is 1. The molecular formula is C24H21Cl3N2O4. The SMILES string of the molecule is O=C(Cc1cc(O)cc(OO)c1)N1CCN(c2ccc(Cl)cc2Cl)C(c2ccc(Cl)cc2)C1. The van der Waals surface area contributed by atoms with E-state index in [0.717, 1.165) is 11.3 Å². The van der Waals surface area contributed by atoms with E-state index < -0.39 is 0 Å². The molecule has 33 heavy (non-hydrogen) atoms. The monoisotopic (exact) mass is 506 g/mol. The molecule has 1 atom stereocenters. The molecule has 1 aliphatic heterocycles. The predicted molar refractivity (Wildman–Crippen MR) is 130 cm³/mol. The molecule has 0 radical (unpaired) electrons. The van der Waals surface area contributed by atoms with Gasteiger partial charge in [-0.2, -0.15) is 0 Å². The number of benzene rings is 3. The maximum Gasteiger partial charge on any atom is 0.227 e. The Kier molecular flexibility index (Phi) is 7.20. The number of hydrogen-bond acceptors (Lipinski definition) is 5. The number of amides is 1. The quantitative estimate of drug-likeness (QED) is 0.335. The third-order valence-corrected chi connectivity index (χ3v) is 6.41. The van der Waals surface area contributed by atoms with Crippen molar-refractivity contribution >= 4 is 46.4 Å². The van der Waals surface area contributed by atoms with Crippen LogP contribution in [0.4, 0.5) is 5.69 Å². The molecule has 6 nitrogen and oxygen atoms in total. The summed E-state index contributed by atoms with van der Waals surface area (Å²) in [6, 6.07) is 17.0. The highest BCUT2D eigenvalue weighted by atomic mass is 35.5. The summed E-state index contributed by atoms with van der Waals surface area (Å²) in [6.07, 6.45) is 0.0554. The first-order valence-corrected chi connectivity index (χ1v) is 11.4. The van der Waals surface area contributed by atoms with E-state index in [-0.39, 0.29) is 29.9 Å². The molecule has 0 spiro atoms. The molecular weight excluding hydrogens is 487 g/mol. The molecule has 3 aromatic carbocycles. The lowest BCUT2D eigenvalue weighted by molar-refractivity contribution is -0.137.